The molecule has 1 aliphatic heterocycles. The molecule has 0 radical (unpaired) electrons. The highest BCUT2D eigenvalue weighted by Crippen LogP contribution is 2.17. The van der Waals surface area contributed by atoms with Gasteiger partial charge in [0, 0.05) is 43.3 Å². The first-order chi connectivity index (χ1) is 11.8. The van der Waals surface area contributed by atoms with Gasteiger partial charge < -0.3 is 20.9 Å². The van der Waals surface area contributed by atoms with E-state index in [-0.39, 0.29) is 29.9 Å². The van der Waals surface area contributed by atoms with Crippen molar-refractivity contribution in [3.05, 3.63) is 29.8 Å². The fourth-order valence-electron chi connectivity index (χ4n) is 2.83. The van der Waals surface area contributed by atoms with Crippen molar-refractivity contribution in [2.24, 2.45) is 0 Å². The van der Waals surface area contributed by atoms with E-state index in [1.165, 1.54) is 6.92 Å². The van der Waals surface area contributed by atoms with Gasteiger partial charge in [0.05, 0.1) is 0 Å². The summed E-state index contributed by atoms with van der Waals surface area (Å²) in [7, 11) is 0. The average Bonchev–Trinajstić information content (AvgIpc) is 2.53. The Bertz CT molecular complexity index is 637. The molecule has 0 spiro atoms. The largest absolute Gasteiger partial charge is 0.338 e. The van der Waals surface area contributed by atoms with E-state index in [2.05, 4.69) is 16.0 Å². The van der Waals surface area contributed by atoms with Gasteiger partial charge in [-0.3, -0.25) is 9.59 Å². The number of hydrogen-bond acceptors (Lipinski definition) is 3. The molecule has 1 heterocycles. The van der Waals surface area contributed by atoms with Crippen molar-refractivity contribution in [1.29, 1.82) is 0 Å². The highest BCUT2D eigenvalue weighted by molar-refractivity contribution is 5.96. The molecule has 7 nitrogen and oxygen atoms in total. The summed E-state index contributed by atoms with van der Waals surface area (Å²) in [5, 5.41) is 8.43. The Morgan fingerprint density at radius 1 is 1.16 bits per heavy atom. The summed E-state index contributed by atoms with van der Waals surface area (Å²) in [6, 6.07) is 6.94. The van der Waals surface area contributed by atoms with Crippen LogP contribution in [0.4, 0.5) is 10.5 Å². The summed E-state index contributed by atoms with van der Waals surface area (Å²) in [4.78, 5) is 37.3. The van der Waals surface area contributed by atoms with Crippen molar-refractivity contribution < 1.29 is 14.4 Å². The topological polar surface area (TPSA) is 90.5 Å². The van der Waals surface area contributed by atoms with Gasteiger partial charge in [-0.1, -0.05) is 6.07 Å². The number of amides is 4. The number of urea groups is 1. The van der Waals surface area contributed by atoms with Gasteiger partial charge in [0.15, 0.2) is 0 Å². The zero-order valence-electron chi connectivity index (χ0n) is 15.0. The highest BCUT2D eigenvalue weighted by atomic mass is 16.2. The lowest BCUT2D eigenvalue weighted by atomic mass is 10.0. The van der Waals surface area contributed by atoms with Crippen LogP contribution in [0.15, 0.2) is 24.3 Å². The zero-order valence-corrected chi connectivity index (χ0v) is 15.0. The van der Waals surface area contributed by atoms with E-state index in [0.29, 0.717) is 24.3 Å². The third kappa shape index (κ3) is 5.77. The predicted molar refractivity (Wildman–Crippen MR) is 96.5 cm³/mol. The Labute approximate surface area is 148 Å². The first-order valence-corrected chi connectivity index (χ1v) is 8.59. The van der Waals surface area contributed by atoms with Gasteiger partial charge in [-0.25, -0.2) is 4.79 Å². The van der Waals surface area contributed by atoms with Crippen LogP contribution < -0.4 is 16.0 Å². The number of nitrogens with zero attached hydrogens (tertiary/aromatic N) is 1. The van der Waals surface area contributed by atoms with Crippen LogP contribution in [0.25, 0.3) is 0 Å². The van der Waals surface area contributed by atoms with Crippen LogP contribution in [0.1, 0.15) is 44.0 Å². The number of benzene rings is 1. The smallest absolute Gasteiger partial charge is 0.315 e. The van der Waals surface area contributed by atoms with Crippen molar-refractivity contribution in [2.45, 2.75) is 45.7 Å². The summed E-state index contributed by atoms with van der Waals surface area (Å²) in [5.41, 5.74) is 1.16. The molecule has 1 aromatic rings. The van der Waals surface area contributed by atoms with Gasteiger partial charge in [0.25, 0.3) is 5.91 Å². The van der Waals surface area contributed by atoms with E-state index >= 15 is 0 Å². The third-order valence-corrected chi connectivity index (χ3v) is 3.97. The minimum absolute atomic E-state index is 0.0581. The second kappa shape index (κ2) is 8.50. The number of nitrogens with one attached hydrogen (secondary N) is 3. The predicted octanol–water partition coefficient (Wildman–Crippen LogP) is 1.96. The summed E-state index contributed by atoms with van der Waals surface area (Å²) in [6.45, 7) is 6.44. The molecule has 7 heteroatoms. The maximum atomic E-state index is 12.6. The quantitative estimate of drug-likeness (QED) is 0.778. The van der Waals surface area contributed by atoms with Crippen molar-refractivity contribution >= 4 is 23.5 Å². The van der Waals surface area contributed by atoms with Gasteiger partial charge in [-0.05, 0) is 44.9 Å². The number of rotatable bonds is 4. The molecule has 3 N–H and O–H groups in total. The van der Waals surface area contributed by atoms with Gasteiger partial charge in [-0.2, -0.15) is 0 Å². The van der Waals surface area contributed by atoms with Crippen molar-refractivity contribution in [2.75, 3.05) is 18.4 Å². The van der Waals surface area contributed by atoms with Crippen LogP contribution in [-0.2, 0) is 4.79 Å². The number of carbonyl (C=O) groups excluding carboxylic acids is 3. The van der Waals surface area contributed by atoms with Crippen molar-refractivity contribution in [3.8, 4) is 0 Å². The summed E-state index contributed by atoms with van der Waals surface area (Å²) < 4.78 is 0. The monoisotopic (exact) mass is 346 g/mol. The number of carbonyl (C=O) groups is 3. The van der Waals surface area contributed by atoms with Crippen molar-refractivity contribution in [3.63, 3.8) is 0 Å². The number of likely N-dealkylation sites (tertiary alicyclic amines) is 1. The SMILES string of the molecule is CC(=O)Nc1cccc(C(=O)N2CCC(NC(=O)NC(C)C)CC2)c1. The third-order valence-electron chi connectivity index (χ3n) is 3.97. The molecule has 0 aliphatic carbocycles. The molecule has 1 fully saturated rings. The van der Waals surface area contributed by atoms with E-state index in [1.54, 1.807) is 29.2 Å². The second-order valence-electron chi connectivity index (χ2n) is 6.60. The lowest BCUT2D eigenvalue weighted by Gasteiger charge is -2.32. The number of piperidine rings is 1. The van der Waals surface area contributed by atoms with Crippen LogP contribution in [0.5, 0.6) is 0 Å². The molecule has 0 bridgehead atoms. The van der Waals surface area contributed by atoms with Gasteiger partial charge >= 0.3 is 6.03 Å². The van der Waals surface area contributed by atoms with Gasteiger partial charge in [0.2, 0.25) is 5.91 Å². The second-order valence-corrected chi connectivity index (χ2v) is 6.60. The molecule has 0 atom stereocenters. The average molecular weight is 346 g/mol. The van der Waals surface area contributed by atoms with E-state index in [4.69, 9.17) is 0 Å². The molecule has 1 aromatic carbocycles. The molecule has 25 heavy (non-hydrogen) atoms. The summed E-state index contributed by atoms with van der Waals surface area (Å²) in [6.07, 6.45) is 1.45. The van der Waals surface area contributed by atoms with Crippen LogP contribution in [0, 0.1) is 0 Å². The normalized spacial score (nSPS) is 15.0. The first kappa shape index (κ1) is 18.8. The molecule has 0 unspecified atom stereocenters. The molecule has 1 aliphatic rings. The molecule has 1 saturated heterocycles. The van der Waals surface area contributed by atoms with Crippen LogP contribution >= 0.6 is 0 Å². The summed E-state index contributed by atoms with van der Waals surface area (Å²) >= 11 is 0. The Morgan fingerprint density at radius 3 is 2.44 bits per heavy atom. The highest BCUT2D eigenvalue weighted by Gasteiger charge is 2.24. The van der Waals surface area contributed by atoms with Crippen LogP contribution in [-0.4, -0.2) is 47.9 Å². The van der Waals surface area contributed by atoms with Gasteiger partial charge in [0.1, 0.15) is 0 Å². The van der Waals surface area contributed by atoms with E-state index in [0.717, 1.165) is 12.8 Å². The molecular formula is C18H26N4O3. The summed E-state index contributed by atoms with van der Waals surface area (Å²) in [5.74, 6) is -0.228. The maximum Gasteiger partial charge on any atom is 0.315 e. The van der Waals surface area contributed by atoms with E-state index < -0.39 is 0 Å². The van der Waals surface area contributed by atoms with E-state index in [1.807, 2.05) is 13.8 Å². The first-order valence-electron chi connectivity index (χ1n) is 8.59. The van der Waals surface area contributed by atoms with Gasteiger partial charge in [-0.15, -0.1) is 0 Å². The standard InChI is InChI=1S/C18H26N4O3/c1-12(2)19-18(25)21-15-7-9-22(10-8-15)17(24)14-5-4-6-16(11-14)20-13(3)23/h4-6,11-12,15H,7-10H2,1-3H3,(H,20,23)(H2,19,21,25). The molecule has 4 amide bonds. The molecular weight excluding hydrogens is 320 g/mol. The molecule has 0 saturated carbocycles. The Morgan fingerprint density at radius 2 is 1.84 bits per heavy atom. The minimum atomic E-state index is -0.170. The molecule has 0 aromatic heterocycles. The number of hydrogen-bond donors (Lipinski definition) is 3. The number of anilines is 1. The Balaban J connectivity index is 1.89. The fraction of sp³-hybridized carbons (Fsp3) is 0.500. The van der Waals surface area contributed by atoms with E-state index in [9.17, 15) is 14.4 Å². The van der Waals surface area contributed by atoms with Crippen LogP contribution in [0.3, 0.4) is 0 Å². The lowest BCUT2D eigenvalue weighted by molar-refractivity contribution is -0.114. The lowest BCUT2D eigenvalue weighted by Crippen LogP contribution is -2.50. The minimum Gasteiger partial charge on any atom is -0.338 e. The maximum absolute atomic E-state index is 12.6. The zero-order chi connectivity index (χ0) is 18.4. The molecule has 136 valence electrons. The Kier molecular flexibility index (Phi) is 6.38. The molecule has 2 rings (SSSR count). The van der Waals surface area contributed by atoms with Crippen molar-refractivity contribution in [1.82, 2.24) is 15.5 Å². The fourth-order valence-corrected chi connectivity index (χ4v) is 2.83. The van der Waals surface area contributed by atoms with Crippen LogP contribution in [0.2, 0.25) is 0 Å². The Hall–Kier alpha value is -2.57.